The lowest BCUT2D eigenvalue weighted by Gasteiger charge is -2.28. The molecule has 0 fully saturated rings. The second kappa shape index (κ2) is 67.0. The number of hydrogen-bond donors (Lipinski definition) is 0. The van der Waals surface area contributed by atoms with E-state index in [2.05, 4.69) is 172 Å². The molecule has 0 aliphatic carbocycles. The highest BCUT2D eigenvalue weighted by molar-refractivity contribution is 7.45. The van der Waals surface area contributed by atoms with Crippen LogP contribution in [0.3, 0.4) is 0 Å². The van der Waals surface area contributed by atoms with E-state index in [-0.39, 0.29) is 26.1 Å². The molecule has 0 aromatic heterocycles. The third kappa shape index (κ3) is 70.7. The summed E-state index contributed by atoms with van der Waals surface area (Å²) < 4.78 is 34.3. The number of rotatable bonds is 63. The fourth-order valence-corrected chi connectivity index (χ4v) is 9.96. The summed E-state index contributed by atoms with van der Waals surface area (Å²) in [4.78, 5) is 38.1. The van der Waals surface area contributed by atoms with E-state index in [9.17, 15) is 19.0 Å². The lowest BCUT2D eigenvalue weighted by molar-refractivity contribution is -0.870. The van der Waals surface area contributed by atoms with Crippen LogP contribution in [-0.4, -0.2) is 70.0 Å². The topological polar surface area (TPSA) is 111 Å². The van der Waals surface area contributed by atoms with Gasteiger partial charge in [0.2, 0.25) is 0 Å². The number of likely N-dealkylation sites (N-methyl/N-ethyl adjacent to an activating group) is 1. The molecule has 0 amide bonds. The van der Waals surface area contributed by atoms with Gasteiger partial charge in [-0.15, -0.1) is 0 Å². The third-order valence-corrected chi connectivity index (χ3v) is 15.5. The third-order valence-electron chi connectivity index (χ3n) is 14.5. The van der Waals surface area contributed by atoms with Crippen LogP contribution in [0.25, 0.3) is 0 Å². The fraction of sp³-hybridized carbons (Fsp3) is 0.641. The molecule has 0 heterocycles. The summed E-state index contributed by atoms with van der Waals surface area (Å²) in [6, 6.07) is 0. The van der Waals surface area contributed by atoms with Crippen molar-refractivity contribution < 1.29 is 42.1 Å². The van der Waals surface area contributed by atoms with E-state index in [1.54, 1.807) is 0 Å². The van der Waals surface area contributed by atoms with Crippen LogP contribution in [0, 0.1) is 0 Å². The Labute approximate surface area is 541 Å². The minimum atomic E-state index is -4.65. The van der Waals surface area contributed by atoms with E-state index in [0.717, 1.165) is 135 Å². The minimum Gasteiger partial charge on any atom is -0.756 e. The summed E-state index contributed by atoms with van der Waals surface area (Å²) in [6.45, 7) is 4.01. The van der Waals surface area contributed by atoms with Gasteiger partial charge in [0.25, 0.3) is 7.82 Å². The van der Waals surface area contributed by atoms with Crippen molar-refractivity contribution in [3.05, 3.63) is 158 Å². The molecule has 0 aromatic rings. The van der Waals surface area contributed by atoms with Crippen LogP contribution >= 0.6 is 7.82 Å². The summed E-state index contributed by atoms with van der Waals surface area (Å²) in [5, 5.41) is 0. The van der Waals surface area contributed by atoms with E-state index >= 15 is 0 Å². The molecule has 0 spiro atoms. The molecule has 10 heteroatoms. The van der Waals surface area contributed by atoms with Crippen molar-refractivity contribution in [3.8, 4) is 0 Å². The van der Waals surface area contributed by atoms with Gasteiger partial charge in [-0.3, -0.25) is 14.2 Å². The average molecular weight is 1240 g/mol. The Morgan fingerprint density at radius 1 is 0.352 bits per heavy atom. The Bertz CT molecular complexity index is 2040. The quantitative estimate of drug-likeness (QED) is 0.0195. The maximum atomic E-state index is 12.9. The summed E-state index contributed by atoms with van der Waals surface area (Å²) in [5.41, 5.74) is 0. The molecular formula is C78H130NO8P. The van der Waals surface area contributed by atoms with Crippen molar-refractivity contribution in [2.24, 2.45) is 0 Å². The largest absolute Gasteiger partial charge is 0.756 e. The molecule has 0 aliphatic heterocycles. The van der Waals surface area contributed by atoms with Crippen LogP contribution in [0.2, 0.25) is 0 Å². The van der Waals surface area contributed by atoms with Crippen molar-refractivity contribution in [2.45, 2.75) is 277 Å². The highest BCUT2D eigenvalue weighted by Gasteiger charge is 2.22. The maximum absolute atomic E-state index is 12.9. The molecule has 9 nitrogen and oxygen atoms in total. The molecular weight excluding hydrogens is 1110 g/mol. The molecule has 0 saturated heterocycles. The Balaban J connectivity index is 4.07. The normalized spacial score (nSPS) is 14.1. The fourth-order valence-electron chi connectivity index (χ4n) is 9.23. The van der Waals surface area contributed by atoms with Gasteiger partial charge in [-0.2, -0.15) is 0 Å². The van der Waals surface area contributed by atoms with Crippen LogP contribution < -0.4 is 4.89 Å². The molecule has 0 aromatic carbocycles. The van der Waals surface area contributed by atoms with Gasteiger partial charge in [-0.05, 0) is 122 Å². The molecule has 2 atom stereocenters. The zero-order chi connectivity index (χ0) is 64.1. The number of phosphoric acid groups is 1. The van der Waals surface area contributed by atoms with Gasteiger partial charge in [0.1, 0.15) is 19.8 Å². The Morgan fingerprint density at radius 2 is 0.614 bits per heavy atom. The predicted molar refractivity (Wildman–Crippen MR) is 378 cm³/mol. The van der Waals surface area contributed by atoms with E-state index in [0.29, 0.717) is 17.4 Å². The Kier molecular flexibility index (Phi) is 63.7. The summed E-state index contributed by atoms with van der Waals surface area (Å²) >= 11 is 0. The van der Waals surface area contributed by atoms with Crippen molar-refractivity contribution in [3.63, 3.8) is 0 Å². The first-order valence-electron chi connectivity index (χ1n) is 35.2. The number of carbonyl (C=O) groups is 2. The van der Waals surface area contributed by atoms with Gasteiger partial charge < -0.3 is 27.9 Å². The lowest BCUT2D eigenvalue weighted by atomic mass is 10.0. The van der Waals surface area contributed by atoms with E-state index in [1.165, 1.54) is 103 Å². The van der Waals surface area contributed by atoms with E-state index in [4.69, 9.17) is 18.5 Å². The molecule has 500 valence electrons. The van der Waals surface area contributed by atoms with Gasteiger partial charge >= 0.3 is 11.9 Å². The number of phosphoric ester groups is 1. The monoisotopic (exact) mass is 1240 g/mol. The molecule has 0 saturated carbocycles. The van der Waals surface area contributed by atoms with E-state index < -0.39 is 32.5 Å². The molecule has 0 aliphatic rings. The van der Waals surface area contributed by atoms with Crippen LogP contribution in [0.4, 0.5) is 0 Å². The number of quaternary nitrogens is 1. The molecule has 88 heavy (non-hydrogen) atoms. The summed E-state index contributed by atoms with van der Waals surface area (Å²) in [6.07, 6.45) is 100. The smallest absolute Gasteiger partial charge is 0.306 e. The zero-order valence-corrected chi connectivity index (χ0v) is 57.8. The van der Waals surface area contributed by atoms with Crippen molar-refractivity contribution in [1.82, 2.24) is 0 Å². The van der Waals surface area contributed by atoms with Crippen molar-refractivity contribution >= 4 is 19.8 Å². The van der Waals surface area contributed by atoms with Gasteiger partial charge in [-0.25, -0.2) is 0 Å². The summed E-state index contributed by atoms with van der Waals surface area (Å²) in [5.74, 6) is -0.843. The number of unbranched alkanes of at least 4 members (excludes halogenated alkanes) is 23. The maximum Gasteiger partial charge on any atom is 0.306 e. The highest BCUT2D eigenvalue weighted by Crippen LogP contribution is 2.38. The van der Waals surface area contributed by atoms with Crippen LogP contribution in [-0.2, 0) is 32.7 Å². The Morgan fingerprint density at radius 3 is 0.909 bits per heavy atom. The number of ether oxygens (including phenoxy) is 2. The van der Waals surface area contributed by atoms with Gasteiger partial charge in [0.15, 0.2) is 6.10 Å². The zero-order valence-electron chi connectivity index (χ0n) is 56.9. The summed E-state index contributed by atoms with van der Waals surface area (Å²) in [7, 11) is 1.15. The molecule has 2 unspecified atom stereocenters. The molecule has 0 bridgehead atoms. The van der Waals surface area contributed by atoms with Gasteiger partial charge in [-0.1, -0.05) is 294 Å². The first kappa shape index (κ1) is 83.6. The average Bonchev–Trinajstić information content (AvgIpc) is 3.58. The Hall–Kier alpha value is -4.37. The standard InChI is InChI=1S/C78H130NO8P/c1-6-8-10-12-14-16-18-20-22-24-26-28-30-31-32-33-34-35-36-37-38-39-40-41-42-43-44-45-46-47-49-51-53-55-57-59-61-63-65-67-69-71-78(81)87-76(75-86-88(82,83)85-73-72-79(3,4)5)74-84-77(80)70-68-66-64-62-60-58-56-54-52-50-48-29-27-25-23-21-19-17-15-13-11-9-7-2/h8-11,14-17,20-23,26-29,31-32,34-35,37-38,40-41,43-44,76H,6-7,12-13,18-19,24-25,30,33,36,39,42,45-75H2,1-5H3/b10-8-,11-9-,16-14-,17-15-,22-20-,23-21-,28-26-,29-27-,32-31-,35-34-,38-37-,41-40-,44-43-. The highest BCUT2D eigenvalue weighted by atomic mass is 31.2. The lowest BCUT2D eigenvalue weighted by Crippen LogP contribution is -2.37. The minimum absolute atomic E-state index is 0.0383. The first-order chi connectivity index (χ1) is 43.0. The van der Waals surface area contributed by atoms with Crippen molar-refractivity contribution in [1.29, 1.82) is 0 Å². The second-order valence-electron chi connectivity index (χ2n) is 24.1. The second-order valence-corrected chi connectivity index (χ2v) is 25.5. The number of carbonyl (C=O) groups excluding carboxylic acids is 2. The van der Waals surface area contributed by atoms with Gasteiger partial charge in [0, 0.05) is 12.8 Å². The SMILES string of the molecule is CC/C=C\C/C=C\C/C=C\C/C=C\C/C=C\C/C=C\C/C=C\C/C=C\C/C=C\CCCCCCCCCCCCCCCC(=O)OC(COC(=O)CCCCCCCCCCCC/C=C\C/C=C\C/C=C\C/C=C\CC)COP(=O)([O-])OCC[N+](C)(C)C. The van der Waals surface area contributed by atoms with Crippen molar-refractivity contribution in [2.75, 3.05) is 47.5 Å². The first-order valence-corrected chi connectivity index (χ1v) is 36.7. The number of hydrogen-bond acceptors (Lipinski definition) is 8. The number of nitrogens with zero attached hydrogens (tertiary/aromatic N) is 1. The predicted octanol–water partition coefficient (Wildman–Crippen LogP) is 22.5. The van der Waals surface area contributed by atoms with Crippen LogP contribution in [0.15, 0.2) is 158 Å². The molecule has 0 rings (SSSR count). The van der Waals surface area contributed by atoms with E-state index in [1.807, 2.05) is 21.1 Å². The molecule has 0 radical (unpaired) electrons. The van der Waals surface area contributed by atoms with Crippen LogP contribution in [0.1, 0.15) is 271 Å². The molecule has 0 N–H and O–H groups in total. The number of esters is 2. The number of allylic oxidation sites excluding steroid dienone is 26. The van der Waals surface area contributed by atoms with Gasteiger partial charge in [0.05, 0.1) is 27.7 Å². The van der Waals surface area contributed by atoms with Crippen LogP contribution in [0.5, 0.6) is 0 Å².